The smallest absolute Gasteiger partial charge is 0.135 e. The second kappa shape index (κ2) is 7.21. The van der Waals surface area contributed by atoms with E-state index in [4.69, 9.17) is 0 Å². The predicted octanol–water partition coefficient (Wildman–Crippen LogP) is 2.64. The lowest BCUT2D eigenvalue weighted by atomic mass is 9.90. The normalized spacial score (nSPS) is 27.8. The standard InChI is InChI=1S/C20H26N4O2/c1-12-9-16(20(26)19(12)25)24-18-10-17(21-11-22-18)23-15-8-4-6-13-5-2-3-7-14(13)15/h4,6,8,10-12,16,19-20,25-26H,2-3,5,7,9H2,1H3,(H2,21,22,23,24)/t12-,16-,19-,20+/m1/s1. The third-order valence-electron chi connectivity index (χ3n) is 5.63. The molecule has 4 rings (SSSR count). The summed E-state index contributed by atoms with van der Waals surface area (Å²) in [5.41, 5.74) is 3.91. The van der Waals surface area contributed by atoms with Crippen molar-refractivity contribution in [2.75, 3.05) is 10.6 Å². The molecule has 0 bridgehead atoms. The summed E-state index contributed by atoms with van der Waals surface area (Å²) in [4.78, 5) is 8.59. The van der Waals surface area contributed by atoms with Crippen molar-refractivity contribution in [3.8, 4) is 0 Å². The Morgan fingerprint density at radius 3 is 2.65 bits per heavy atom. The number of aromatic nitrogens is 2. The summed E-state index contributed by atoms with van der Waals surface area (Å²) in [6, 6.07) is 8.04. The first-order valence-electron chi connectivity index (χ1n) is 9.44. The Kier molecular flexibility index (Phi) is 4.78. The Balaban J connectivity index is 1.50. The van der Waals surface area contributed by atoms with Crippen molar-refractivity contribution in [1.82, 2.24) is 9.97 Å². The van der Waals surface area contributed by atoms with Crippen molar-refractivity contribution in [3.63, 3.8) is 0 Å². The number of benzene rings is 1. The molecule has 1 saturated carbocycles. The molecule has 0 radical (unpaired) electrons. The van der Waals surface area contributed by atoms with E-state index in [-0.39, 0.29) is 12.0 Å². The van der Waals surface area contributed by atoms with E-state index in [1.165, 1.54) is 30.3 Å². The first-order valence-corrected chi connectivity index (χ1v) is 9.44. The van der Waals surface area contributed by atoms with Gasteiger partial charge in [-0.2, -0.15) is 0 Å². The summed E-state index contributed by atoms with van der Waals surface area (Å²) in [7, 11) is 0. The molecule has 0 amide bonds. The molecule has 1 aromatic carbocycles. The number of aliphatic hydroxyl groups excluding tert-OH is 2. The van der Waals surface area contributed by atoms with Gasteiger partial charge in [0.25, 0.3) is 0 Å². The maximum Gasteiger partial charge on any atom is 0.135 e. The molecule has 0 aliphatic heterocycles. The van der Waals surface area contributed by atoms with E-state index in [2.05, 4.69) is 38.8 Å². The van der Waals surface area contributed by atoms with Gasteiger partial charge in [-0.25, -0.2) is 9.97 Å². The molecule has 2 aliphatic rings. The molecule has 1 fully saturated rings. The topological polar surface area (TPSA) is 90.3 Å². The number of hydrogen-bond donors (Lipinski definition) is 4. The molecule has 1 aromatic heterocycles. The highest BCUT2D eigenvalue weighted by atomic mass is 16.3. The highest BCUT2D eigenvalue weighted by Crippen LogP contribution is 2.31. The molecule has 6 heteroatoms. The van der Waals surface area contributed by atoms with Gasteiger partial charge in [-0.1, -0.05) is 19.1 Å². The van der Waals surface area contributed by atoms with E-state index in [1.807, 2.05) is 13.0 Å². The van der Waals surface area contributed by atoms with Crippen LogP contribution in [-0.4, -0.2) is 38.4 Å². The van der Waals surface area contributed by atoms with Crippen LogP contribution >= 0.6 is 0 Å². The number of fused-ring (bicyclic) bond motifs is 1. The Hall–Kier alpha value is -2.18. The molecule has 1 heterocycles. The van der Waals surface area contributed by atoms with E-state index < -0.39 is 12.2 Å². The molecule has 138 valence electrons. The zero-order valence-electron chi connectivity index (χ0n) is 15.0. The number of nitrogens with one attached hydrogen (secondary N) is 2. The van der Waals surface area contributed by atoms with Crippen LogP contribution in [0.15, 0.2) is 30.6 Å². The molecule has 2 aromatic rings. The molecule has 6 nitrogen and oxygen atoms in total. The van der Waals surface area contributed by atoms with E-state index in [0.717, 1.165) is 24.3 Å². The number of aliphatic hydroxyl groups is 2. The maximum absolute atomic E-state index is 10.2. The minimum Gasteiger partial charge on any atom is -0.390 e. The van der Waals surface area contributed by atoms with Crippen LogP contribution in [0.4, 0.5) is 17.3 Å². The van der Waals surface area contributed by atoms with Crippen LogP contribution < -0.4 is 10.6 Å². The summed E-state index contributed by atoms with van der Waals surface area (Å²) in [5, 5.41) is 26.8. The van der Waals surface area contributed by atoms with Gasteiger partial charge in [0, 0.05) is 11.8 Å². The van der Waals surface area contributed by atoms with Gasteiger partial charge in [-0.05, 0) is 55.2 Å². The fraction of sp³-hybridized carbons (Fsp3) is 0.500. The van der Waals surface area contributed by atoms with Gasteiger partial charge >= 0.3 is 0 Å². The van der Waals surface area contributed by atoms with E-state index >= 15 is 0 Å². The SMILES string of the molecule is C[C@@H]1C[C@@H](Nc2cc(Nc3cccc4c3CCCC4)ncn2)[C@H](O)[C@@H]1O. The molecule has 0 saturated heterocycles. The zero-order chi connectivity index (χ0) is 18.1. The minimum atomic E-state index is -0.780. The number of anilines is 3. The van der Waals surface area contributed by atoms with Crippen molar-refractivity contribution in [3.05, 3.63) is 41.7 Å². The summed E-state index contributed by atoms with van der Waals surface area (Å²) in [6.45, 7) is 1.95. The van der Waals surface area contributed by atoms with Crippen LogP contribution in [0.5, 0.6) is 0 Å². The number of rotatable bonds is 4. The van der Waals surface area contributed by atoms with Gasteiger partial charge in [0.15, 0.2) is 0 Å². The lowest BCUT2D eigenvalue weighted by Crippen LogP contribution is -2.35. The minimum absolute atomic E-state index is 0.0674. The summed E-state index contributed by atoms with van der Waals surface area (Å²) < 4.78 is 0. The Morgan fingerprint density at radius 1 is 1.04 bits per heavy atom. The second-order valence-corrected chi connectivity index (χ2v) is 7.51. The quantitative estimate of drug-likeness (QED) is 0.675. The average molecular weight is 354 g/mol. The Morgan fingerprint density at radius 2 is 1.85 bits per heavy atom. The van der Waals surface area contributed by atoms with Crippen molar-refractivity contribution in [2.45, 2.75) is 57.3 Å². The molecule has 0 unspecified atom stereocenters. The zero-order valence-corrected chi connectivity index (χ0v) is 15.0. The van der Waals surface area contributed by atoms with Crippen LogP contribution in [0.25, 0.3) is 0 Å². The van der Waals surface area contributed by atoms with Crippen LogP contribution in [0.1, 0.15) is 37.3 Å². The van der Waals surface area contributed by atoms with Crippen molar-refractivity contribution in [1.29, 1.82) is 0 Å². The van der Waals surface area contributed by atoms with Crippen molar-refractivity contribution < 1.29 is 10.2 Å². The van der Waals surface area contributed by atoms with Crippen molar-refractivity contribution in [2.24, 2.45) is 5.92 Å². The highest BCUT2D eigenvalue weighted by Gasteiger charge is 2.39. The molecule has 2 aliphatic carbocycles. The summed E-state index contributed by atoms with van der Waals surface area (Å²) in [6.07, 6.45) is 5.47. The van der Waals surface area contributed by atoms with Crippen LogP contribution in [0.2, 0.25) is 0 Å². The molecular weight excluding hydrogens is 328 g/mol. The maximum atomic E-state index is 10.2. The second-order valence-electron chi connectivity index (χ2n) is 7.51. The van der Waals surface area contributed by atoms with Crippen LogP contribution in [0.3, 0.4) is 0 Å². The fourth-order valence-electron chi connectivity index (χ4n) is 4.13. The molecule has 4 atom stereocenters. The molecular formula is C20H26N4O2. The fourth-order valence-corrected chi connectivity index (χ4v) is 4.13. The predicted molar refractivity (Wildman–Crippen MR) is 102 cm³/mol. The Bertz CT molecular complexity index is 782. The summed E-state index contributed by atoms with van der Waals surface area (Å²) >= 11 is 0. The molecule has 0 spiro atoms. The average Bonchev–Trinajstić information content (AvgIpc) is 2.89. The third kappa shape index (κ3) is 3.39. The number of hydrogen-bond acceptors (Lipinski definition) is 6. The highest BCUT2D eigenvalue weighted by molar-refractivity contribution is 5.64. The monoisotopic (exact) mass is 354 g/mol. The number of aryl methyl sites for hydroxylation is 1. The largest absolute Gasteiger partial charge is 0.390 e. The Labute approximate surface area is 153 Å². The van der Waals surface area contributed by atoms with E-state index in [0.29, 0.717) is 12.2 Å². The molecule has 4 N–H and O–H groups in total. The molecule has 26 heavy (non-hydrogen) atoms. The first-order chi connectivity index (χ1) is 12.6. The van der Waals surface area contributed by atoms with Gasteiger partial charge in [-0.15, -0.1) is 0 Å². The van der Waals surface area contributed by atoms with E-state index in [1.54, 1.807) is 0 Å². The van der Waals surface area contributed by atoms with Gasteiger partial charge in [0.1, 0.15) is 24.1 Å². The van der Waals surface area contributed by atoms with Gasteiger partial charge < -0.3 is 20.8 Å². The lowest BCUT2D eigenvalue weighted by molar-refractivity contribution is 0.0210. The van der Waals surface area contributed by atoms with Gasteiger partial charge in [0.2, 0.25) is 0 Å². The van der Waals surface area contributed by atoms with Gasteiger partial charge in [-0.3, -0.25) is 0 Å². The van der Waals surface area contributed by atoms with Crippen LogP contribution in [-0.2, 0) is 12.8 Å². The number of nitrogens with zero attached hydrogens (tertiary/aromatic N) is 2. The summed E-state index contributed by atoms with van der Waals surface area (Å²) in [5.74, 6) is 1.44. The van der Waals surface area contributed by atoms with Gasteiger partial charge in [0.05, 0.1) is 12.1 Å². The first kappa shape index (κ1) is 17.2. The van der Waals surface area contributed by atoms with Crippen molar-refractivity contribution >= 4 is 17.3 Å². The van der Waals surface area contributed by atoms with E-state index in [9.17, 15) is 10.2 Å². The lowest BCUT2D eigenvalue weighted by Gasteiger charge is -2.21. The van der Waals surface area contributed by atoms with Crippen LogP contribution in [0, 0.1) is 5.92 Å². The third-order valence-corrected chi connectivity index (χ3v) is 5.63.